The summed E-state index contributed by atoms with van der Waals surface area (Å²) in [6.07, 6.45) is 1.34. The van der Waals surface area contributed by atoms with Gasteiger partial charge in [0, 0.05) is 12.6 Å². The summed E-state index contributed by atoms with van der Waals surface area (Å²) in [5.41, 5.74) is 0. The summed E-state index contributed by atoms with van der Waals surface area (Å²) in [6, 6.07) is 1.39. The molecule has 0 saturated carbocycles. The number of carbonyl (C=O) groups is 2. The minimum absolute atomic E-state index is 0.159. The Kier molecular flexibility index (Phi) is 3.92. The van der Waals surface area contributed by atoms with Gasteiger partial charge in [-0.05, 0) is 31.2 Å². The third kappa shape index (κ3) is 2.37. The second-order valence-corrected chi connectivity index (χ2v) is 5.75. The first kappa shape index (κ1) is 13.4. The predicted molar refractivity (Wildman–Crippen MR) is 70.2 cm³/mol. The van der Waals surface area contributed by atoms with Gasteiger partial charge in [-0.25, -0.2) is 0 Å². The molecule has 0 radical (unpaired) electrons. The Morgan fingerprint density at radius 2 is 2.28 bits per heavy atom. The number of aliphatic carboxylic acids is 1. The molecule has 0 spiro atoms. The van der Waals surface area contributed by atoms with Gasteiger partial charge in [-0.15, -0.1) is 11.3 Å². The van der Waals surface area contributed by atoms with Crippen LogP contribution in [0.1, 0.15) is 29.4 Å². The number of carboxylic acids is 1. The van der Waals surface area contributed by atoms with Crippen LogP contribution in [0.5, 0.6) is 0 Å². The Balaban J connectivity index is 2.20. The first-order valence-electron chi connectivity index (χ1n) is 5.79. The van der Waals surface area contributed by atoms with E-state index in [9.17, 15) is 9.59 Å². The Bertz CT molecular complexity index is 474. The van der Waals surface area contributed by atoms with Crippen LogP contribution in [0.15, 0.2) is 11.4 Å². The number of carbonyl (C=O) groups excluding carboxylic acids is 1. The summed E-state index contributed by atoms with van der Waals surface area (Å²) in [5.74, 6) is -1.48. The number of likely N-dealkylation sites (tertiary alicyclic amines) is 1. The molecule has 1 N–H and O–H groups in total. The molecule has 2 rings (SSSR count). The van der Waals surface area contributed by atoms with E-state index in [2.05, 4.69) is 0 Å². The van der Waals surface area contributed by atoms with Gasteiger partial charge in [-0.1, -0.05) is 11.6 Å². The van der Waals surface area contributed by atoms with E-state index < -0.39 is 11.9 Å². The number of thiophene rings is 1. The third-order valence-corrected chi connectivity index (χ3v) is 4.71. The van der Waals surface area contributed by atoms with E-state index >= 15 is 0 Å². The summed E-state index contributed by atoms with van der Waals surface area (Å²) in [4.78, 5) is 25.6. The van der Waals surface area contributed by atoms with Crippen LogP contribution in [0.4, 0.5) is 0 Å². The first-order chi connectivity index (χ1) is 8.52. The highest BCUT2D eigenvalue weighted by molar-refractivity contribution is 7.12. The molecule has 0 bridgehead atoms. The van der Waals surface area contributed by atoms with E-state index in [1.807, 2.05) is 0 Å². The van der Waals surface area contributed by atoms with Crippen LogP contribution in [0.25, 0.3) is 0 Å². The average molecular weight is 288 g/mol. The van der Waals surface area contributed by atoms with Gasteiger partial charge in [0.1, 0.15) is 4.88 Å². The summed E-state index contributed by atoms with van der Waals surface area (Å²) in [7, 11) is 0. The van der Waals surface area contributed by atoms with Gasteiger partial charge >= 0.3 is 5.97 Å². The Labute approximate surface area is 114 Å². The lowest BCUT2D eigenvalue weighted by Gasteiger charge is -2.37. The lowest BCUT2D eigenvalue weighted by Crippen LogP contribution is -2.49. The molecule has 2 heterocycles. The van der Waals surface area contributed by atoms with Gasteiger partial charge < -0.3 is 10.0 Å². The van der Waals surface area contributed by atoms with E-state index in [1.165, 1.54) is 11.3 Å². The van der Waals surface area contributed by atoms with Crippen molar-refractivity contribution in [2.24, 2.45) is 5.92 Å². The van der Waals surface area contributed by atoms with Gasteiger partial charge in [0.25, 0.3) is 5.91 Å². The Morgan fingerprint density at radius 1 is 1.56 bits per heavy atom. The molecule has 18 heavy (non-hydrogen) atoms. The highest BCUT2D eigenvalue weighted by Gasteiger charge is 2.36. The number of halogens is 1. The maximum atomic E-state index is 12.3. The van der Waals surface area contributed by atoms with E-state index in [-0.39, 0.29) is 11.9 Å². The molecular formula is C12H14ClNO3S. The van der Waals surface area contributed by atoms with E-state index in [0.717, 1.165) is 6.42 Å². The molecule has 1 saturated heterocycles. The molecule has 2 atom stereocenters. The standard InChI is InChI=1S/C12H14ClNO3S/c1-7-8(12(16)17)3-2-5-14(7)11(15)10-9(13)4-6-18-10/h4,6-8H,2-3,5H2,1H3,(H,16,17)/t7-,8-/m1/s1. The molecule has 4 nitrogen and oxygen atoms in total. The van der Waals surface area contributed by atoms with Gasteiger partial charge in [-0.2, -0.15) is 0 Å². The number of hydrogen-bond donors (Lipinski definition) is 1. The molecular weight excluding hydrogens is 274 g/mol. The molecule has 1 fully saturated rings. The minimum Gasteiger partial charge on any atom is -0.481 e. The maximum absolute atomic E-state index is 12.3. The number of hydrogen-bond acceptors (Lipinski definition) is 3. The molecule has 0 aliphatic carbocycles. The van der Waals surface area contributed by atoms with E-state index in [1.54, 1.807) is 23.3 Å². The van der Waals surface area contributed by atoms with Gasteiger partial charge in [0.2, 0.25) is 0 Å². The zero-order chi connectivity index (χ0) is 13.3. The quantitative estimate of drug-likeness (QED) is 0.910. The molecule has 1 amide bonds. The summed E-state index contributed by atoms with van der Waals surface area (Å²) < 4.78 is 0. The number of carboxylic acid groups (broad SMARTS) is 1. The van der Waals surface area contributed by atoms with Crippen molar-refractivity contribution < 1.29 is 14.7 Å². The van der Waals surface area contributed by atoms with Gasteiger partial charge in [-0.3, -0.25) is 9.59 Å². The molecule has 98 valence electrons. The molecule has 1 aliphatic heterocycles. The summed E-state index contributed by atoms with van der Waals surface area (Å²) in [5, 5.41) is 11.3. The number of amides is 1. The van der Waals surface area contributed by atoms with Crippen molar-refractivity contribution in [1.82, 2.24) is 4.90 Å². The van der Waals surface area contributed by atoms with Crippen LogP contribution in [0, 0.1) is 5.92 Å². The van der Waals surface area contributed by atoms with Crippen LogP contribution in [0.2, 0.25) is 5.02 Å². The van der Waals surface area contributed by atoms with Crippen LogP contribution in [0.3, 0.4) is 0 Å². The van der Waals surface area contributed by atoms with Crippen LogP contribution < -0.4 is 0 Å². The highest BCUT2D eigenvalue weighted by atomic mass is 35.5. The van der Waals surface area contributed by atoms with Crippen molar-refractivity contribution >= 4 is 34.8 Å². The van der Waals surface area contributed by atoms with E-state index in [4.69, 9.17) is 16.7 Å². The minimum atomic E-state index is -0.836. The Hall–Kier alpha value is -1.07. The SMILES string of the molecule is C[C@@H]1[C@H](C(=O)O)CCCN1C(=O)c1sccc1Cl. The number of piperidine rings is 1. The lowest BCUT2D eigenvalue weighted by molar-refractivity contribution is -0.144. The van der Waals surface area contributed by atoms with Crippen LogP contribution in [-0.2, 0) is 4.79 Å². The predicted octanol–water partition coefficient (Wildman–Crippen LogP) is 2.73. The normalized spacial score (nSPS) is 24.0. The second-order valence-electron chi connectivity index (χ2n) is 4.42. The van der Waals surface area contributed by atoms with Crippen molar-refractivity contribution in [2.75, 3.05) is 6.54 Å². The molecule has 0 aromatic carbocycles. The van der Waals surface area contributed by atoms with Gasteiger partial charge in [0.05, 0.1) is 10.9 Å². The van der Waals surface area contributed by atoms with Crippen LogP contribution in [-0.4, -0.2) is 34.5 Å². The summed E-state index contributed by atoms with van der Waals surface area (Å²) >= 11 is 7.24. The smallest absolute Gasteiger partial charge is 0.308 e. The molecule has 6 heteroatoms. The molecule has 0 unspecified atom stereocenters. The second kappa shape index (κ2) is 5.28. The zero-order valence-corrected chi connectivity index (χ0v) is 11.5. The Morgan fingerprint density at radius 3 is 2.83 bits per heavy atom. The molecule has 1 aromatic heterocycles. The zero-order valence-electron chi connectivity index (χ0n) is 9.93. The fraction of sp³-hybridized carbons (Fsp3) is 0.500. The fourth-order valence-corrected chi connectivity index (χ4v) is 3.43. The largest absolute Gasteiger partial charge is 0.481 e. The monoisotopic (exact) mass is 287 g/mol. The average Bonchev–Trinajstić information content (AvgIpc) is 2.74. The third-order valence-electron chi connectivity index (χ3n) is 3.38. The topological polar surface area (TPSA) is 57.6 Å². The van der Waals surface area contributed by atoms with Crippen molar-refractivity contribution in [2.45, 2.75) is 25.8 Å². The lowest BCUT2D eigenvalue weighted by atomic mass is 9.90. The summed E-state index contributed by atoms with van der Waals surface area (Å²) in [6.45, 7) is 2.38. The highest BCUT2D eigenvalue weighted by Crippen LogP contribution is 2.29. The maximum Gasteiger partial charge on any atom is 0.308 e. The fourth-order valence-electron chi connectivity index (χ4n) is 2.34. The van der Waals surface area contributed by atoms with Gasteiger partial charge in [0.15, 0.2) is 0 Å². The van der Waals surface area contributed by atoms with Crippen molar-refractivity contribution in [1.29, 1.82) is 0 Å². The number of rotatable bonds is 2. The van der Waals surface area contributed by atoms with Crippen molar-refractivity contribution in [3.05, 3.63) is 21.3 Å². The molecule has 1 aliphatic rings. The van der Waals surface area contributed by atoms with Crippen molar-refractivity contribution in [3.8, 4) is 0 Å². The van der Waals surface area contributed by atoms with E-state index in [0.29, 0.717) is 22.9 Å². The molecule has 1 aromatic rings. The van der Waals surface area contributed by atoms with Crippen LogP contribution >= 0.6 is 22.9 Å². The first-order valence-corrected chi connectivity index (χ1v) is 7.05. The number of nitrogens with zero attached hydrogens (tertiary/aromatic N) is 1. The van der Waals surface area contributed by atoms with Crippen molar-refractivity contribution in [3.63, 3.8) is 0 Å².